The molecule has 28 heavy (non-hydrogen) atoms. The zero-order valence-corrected chi connectivity index (χ0v) is 16.2. The van der Waals surface area contributed by atoms with Crippen molar-refractivity contribution < 1.29 is 4.74 Å². The Balaban J connectivity index is 1.24. The molecule has 0 bridgehead atoms. The maximum Gasteiger partial charge on any atom is 0.247 e. The van der Waals surface area contributed by atoms with E-state index < -0.39 is 0 Å². The van der Waals surface area contributed by atoms with Crippen LogP contribution in [0.3, 0.4) is 0 Å². The van der Waals surface area contributed by atoms with Crippen LogP contribution >= 0.6 is 0 Å². The summed E-state index contributed by atoms with van der Waals surface area (Å²) in [5, 5.41) is 11.7. The van der Waals surface area contributed by atoms with Crippen LogP contribution in [0.5, 0.6) is 0 Å². The van der Waals surface area contributed by atoms with Gasteiger partial charge in [0, 0.05) is 45.9 Å². The Morgan fingerprint density at radius 3 is 2.79 bits per heavy atom. The van der Waals surface area contributed by atoms with Crippen molar-refractivity contribution in [2.24, 2.45) is 0 Å². The highest BCUT2D eigenvalue weighted by Gasteiger charge is 2.19. The van der Waals surface area contributed by atoms with Crippen molar-refractivity contribution in [1.82, 2.24) is 20.1 Å². The topological polar surface area (TPSA) is 66.4 Å². The van der Waals surface area contributed by atoms with Gasteiger partial charge in [-0.1, -0.05) is 42.5 Å². The molecule has 2 aliphatic rings. The monoisotopic (exact) mass is 380 g/mol. The highest BCUT2D eigenvalue weighted by molar-refractivity contribution is 5.48. The normalized spacial score (nSPS) is 20.7. The third kappa shape index (κ3) is 5.27. The standard InChI is InChI=1S/C21H28N6O/c1-2-6-18(7-3-1)8-4-10-26-11-13-27(14-12-26)21-24-20(17-23-25-21)22-16-19-9-5-15-28-19/h1-4,6-8,17,19H,5,9-16H2,(H,22,24,25)/b8-4+. The number of ether oxygens (including phenoxy) is 1. The molecule has 4 rings (SSSR count). The second-order valence-electron chi connectivity index (χ2n) is 7.26. The Bertz CT molecular complexity index is 755. The molecule has 0 saturated carbocycles. The SMILES string of the molecule is C(=C\c1ccccc1)/CN1CCN(c2nncc(NCC3CCCO3)n2)CC1. The minimum absolute atomic E-state index is 0.283. The van der Waals surface area contributed by atoms with Crippen molar-refractivity contribution in [1.29, 1.82) is 0 Å². The second-order valence-corrected chi connectivity index (χ2v) is 7.26. The molecule has 1 N–H and O–H groups in total. The zero-order chi connectivity index (χ0) is 19.0. The molecule has 2 saturated heterocycles. The number of benzene rings is 1. The van der Waals surface area contributed by atoms with Crippen molar-refractivity contribution in [2.75, 3.05) is 56.1 Å². The van der Waals surface area contributed by atoms with E-state index >= 15 is 0 Å². The van der Waals surface area contributed by atoms with E-state index in [-0.39, 0.29) is 6.10 Å². The van der Waals surface area contributed by atoms with Crippen molar-refractivity contribution in [3.63, 3.8) is 0 Å². The number of anilines is 2. The molecule has 7 heteroatoms. The van der Waals surface area contributed by atoms with Gasteiger partial charge in [0.2, 0.25) is 5.95 Å². The zero-order valence-electron chi connectivity index (χ0n) is 16.2. The van der Waals surface area contributed by atoms with E-state index in [0.717, 1.165) is 64.5 Å². The van der Waals surface area contributed by atoms with Crippen LogP contribution in [0, 0.1) is 0 Å². The summed E-state index contributed by atoms with van der Waals surface area (Å²) in [7, 11) is 0. The first-order valence-electron chi connectivity index (χ1n) is 10.1. The van der Waals surface area contributed by atoms with Crippen molar-refractivity contribution in [3.05, 3.63) is 48.2 Å². The molecule has 0 aliphatic carbocycles. The number of piperazine rings is 1. The van der Waals surface area contributed by atoms with Crippen LogP contribution in [0.25, 0.3) is 6.08 Å². The van der Waals surface area contributed by atoms with Gasteiger partial charge in [0.25, 0.3) is 0 Å². The van der Waals surface area contributed by atoms with Gasteiger partial charge in [-0.2, -0.15) is 10.1 Å². The fourth-order valence-corrected chi connectivity index (χ4v) is 3.57. The molecule has 148 valence electrons. The van der Waals surface area contributed by atoms with Crippen LogP contribution in [-0.2, 0) is 4.74 Å². The molecular formula is C21H28N6O. The minimum atomic E-state index is 0.283. The molecular weight excluding hydrogens is 352 g/mol. The number of nitrogens with one attached hydrogen (secondary N) is 1. The largest absolute Gasteiger partial charge is 0.376 e. The molecule has 3 heterocycles. The highest BCUT2D eigenvalue weighted by atomic mass is 16.5. The smallest absolute Gasteiger partial charge is 0.247 e. The maximum atomic E-state index is 5.65. The third-order valence-corrected chi connectivity index (χ3v) is 5.21. The van der Waals surface area contributed by atoms with Crippen LogP contribution in [0.15, 0.2) is 42.6 Å². The van der Waals surface area contributed by atoms with Crippen LogP contribution in [-0.4, -0.2) is 72.1 Å². The van der Waals surface area contributed by atoms with E-state index in [1.165, 1.54) is 5.56 Å². The van der Waals surface area contributed by atoms with E-state index in [4.69, 9.17) is 4.74 Å². The lowest BCUT2D eigenvalue weighted by molar-refractivity contribution is 0.120. The lowest BCUT2D eigenvalue weighted by Gasteiger charge is -2.33. The predicted molar refractivity (Wildman–Crippen MR) is 111 cm³/mol. The fraction of sp³-hybridized carbons (Fsp3) is 0.476. The second kappa shape index (κ2) is 9.61. The quantitative estimate of drug-likeness (QED) is 0.790. The molecule has 2 aliphatic heterocycles. The molecule has 0 radical (unpaired) electrons. The molecule has 1 aromatic heterocycles. The van der Waals surface area contributed by atoms with Gasteiger partial charge in [0.1, 0.15) is 0 Å². The van der Waals surface area contributed by atoms with Gasteiger partial charge in [-0.05, 0) is 18.4 Å². The molecule has 0 spiro atoms. The Morgan fingerprint density at radius 1 is 1.14 bits per heavy atom. The number of nitrogens with zero attached hydrogens (tertiary/aromatic N) is 5. The van der Waals surface area contributed by atoms with E-state index in [1.54, 1.807) is 6.20 Å². The van der Waals surface area contributed by atoms with Crippen molar-refractivity contribution in [2.45, 2.75) is 18.9 Å². The van der Waals surface area contributed by atoms with Gasteiger partial charge in [0.05, 0.1) is 12.3 Å². The number of rotatable bonds is 7. The fourth-order valence-electron chi connectivity index (χ4n) is 3.57. The highest BCUT2D eigenvalue weighted by Crippen LogP contribution is 2.15. The third-order valence-electron chi connectivity index (χ3n) is 5.21. The van der Waals surface area contributed by atoms with Gasteiger partial charge in [-0.15, -0.1) is 5.10 Å². The Kier molecular flexibility index (Phi) is 6.47. The van der Waals surface area contributed by atoms with E-state index in [9.17, 15) is 0 Å². The van der Waals surface area contributed by atoms with Gasteiger partial charge >= 0.3 is 0 Å². The summed E-state index contributed by atoms with van der Waals surface area (Å²) in [6, 6.07) is 10.4. The first-order valence-corrected chi connectivity index (χ1v) is 10.1. The molecule has 1 unspecified atom stereocenters. The van der Waals surface area contributed by atoms with E-state index in [1.807, 2.05) is 6.07 Å². The average Bonchev–Trinajstić information content (AvgIpc) is 3.28. The first-order chi connectivity index (χ1) is 13.9. The lowest BCUT2D eigenvalue weighted by atomic mass is 10.2. The van der Waals surface area contributed by atoms with Gasteiger partial charge < -0.3 is 15.0 Å². The first kappa shape index (κ1) is 18.8. The van der Waals surface area contributed by atoms with Gasteiger partial charge in [-0.25, -0.2) is 0 Å². The molecule has 2 fully saturated rings. The Hall–Kier alpha value is -2.51. The number of aromatic nitrogens is 3. The predicted octanol–water partition coefficient (Wildman–Crippen LogP) is 2.30. The molecule has 0 amide bonds. The summed E-state index contributed by atoms with van der Waals surface area (Å²) >= 11 is 0. The molecule has 1 aromatic carbocycles. The van der Waals surface area contributed by atoms with Gasteiger partial charge in [-0.3, -0.25) is 4.90 Å². The average molecular weight is 380 g/mol. The van der Waals surface area contributed by atoms with Crippen LogP contribution < -0.4 is 10.2 Å². The summed E-state index contributed by atoms with van der Waals surface area (Å²) in [6.07, 6.45) is 8.64. The van der Waals surface area contributed by atoms with Crippen LogP contribution in [0.1, 0.15) is 18.4 Å². The van der Waals surface area contributed by atoms with E-state index in [0.29, 0.717) is 5.95 Å². The molecule has 2 aromatic rings. The molecule has 7 nitrogen and oxygen atoms in total. The van der Waals surface area contributed by atoms with Crippen LogP contribution in [0.4, 0.5) is 11.8 Å². The summed E-state index contributed by atoms with van der Waals surface area (Å²) in [5.74, 6) is 1.48. The summed E-state index contributed by atoms with van der Waals surface area (Å²) < 4.78 is 5.65. The number of hydrogen-bond donors (Lipinski definition) is 1. The van der Waals surface area contributed by atoms with E-state index in [2.05, 4.69) is 66.7 Å². The van der Waals surface area contributed by atoms with Crippen molar-refractivity contribution in [3.8, 4) is 0 Å². The lowest BCUT2D eigenvalue weighted by Crippen LogP contribution is -2.47. The minimum Gasteiger partial charge on any atom is -0.376 e. The van der Waals surface area contributed by atoms with Crippen molar-refractivity contribution >= 4 is 17.8 Å². The summed E-state index contributed by atoms with van der Waals surface area (Å²) in [5.41, 5.74) is 1.24. The Morgan fingerprint density at radius 2 is 2.00 bits per heavy atom. The Labute approximate surface area is 166 Å². The molecule has 1 atom stereocenters. The summed E-state index contributed by atoms with van der Waals surface area (Å²) in [6.45, 7) is 6.42. The maximum absolute atomic E-state index is 5.65. The number of hydrogen-bond acceptors (Lipinski definition) is 7. The summed E-state index contributed by atoms with van der Waals surface area (Å²) in [4.78, 5) is 9.29. The van der Waals surface area contributed by atoms with Crippen LogP contribution in [0.2, 0.25) is 0 Å². The van der Waals surface area contributed by atoms with Gasteiger partial charge in [0.15, 0.2) is 5.82 Å².